The predicted octanol–water partition coefficient (Wildman–Crippen LogP) is 1.59. The first kappa shape index (κ1) is 11.1. The highest BCUT2D eigenvalue weighted by Gasteiger charge is 2.00. The molecule has 0 amide bonds. The molecule has 0 aromatic heterocycles. The molecule has 0 heterocycles. The van der Waals surface area contributed by atoms with Crippen LogP contribution in [0, 0.1) is 0 Å². The number of hydrogen-bond acceptors (Lipinski definition) is 4. The van der Waals surface area contributed by atoms with E-state index in [-0.39, 0.29) is 0 Å². The molecule has 0 fully saturated rings. The zero-order valence-corrected chi connectivity index (χ0v) is 8.47. The summed E-state index contributed by atoms with van der Waals surface area (Å²) in [6, 6.07) is 10.1. The van der Waals surface area contributed by atoms with Gasteiger partial charge < -0.3 is 0 Å². The van der Waals surface area contributed by atoms with Crippen LogP contribution in [0.5, 0.6) is 0 Å². The highest BCUT2D eigenvalue weighted by molar-refractivity contribution is 5.14. The van der Waals surface area contributed by atoms with Crippen molar-refractivity contribution < 1.29 is 14.5 Å². The largest absolute Gasteiger partial charge is 0.254 e. The molecule has 4 nitrogen and oxygen atoms in total. The third-order valence-corrected chi connectivity index (χ3v) is 1.73. The van der Waals surface area contributed by atoms with E-state index in [1.807, 2.05) is 30.3 Å². The Kier molecular flexibility index (Phi) is 5.17. The van der Waals surface area contributed by atoms with Gasteiger partial charge >= 0.3 is 0 Å². The lowest BCUT2D eigenvalue weighted by molar-refractivity contribution is -0.510. The van der Waals surface area contributed by atoms with Crippen molar-refractivity contribution >= 4 is 0 Å². The fourth-order valence-electron chi connectivity index (χ4n) is 1.06. The van der Waals surface area contributed by atoms with E-state index >= 15 is 0 Å². The van der Waals surface area contributed by atoms with Crippen LogP contribution in [-0.2, 0) is 20.9 Å². The Morgan fingerprint density at radius 3 is 2.29 bits per heavy atom. The highest BCUT2D eigenvalue weighted by Crippen LogP contribution is 2.00. The first-order valence-corrected chi connectivity index (χ1v) is 4.42. The Labute approximate surface area is 83.9 Å². The van der Waals surface area contributed by atoms with Gasteiger partial charge in [0.15, 0.2) is 0 Å². The predicted molar refractivity (Wildman–Crippen MR) is 52.0 cm³/mol. The van der Waals surface area contributed by atoms with Crippen LogP contribution in [-0.4, -0.2) is 26.2 Å². The Morgan fingerprint density at radius 2 is 1.71 bits per heavy atom. The minimum Gasteiger partial charge on any atom is -0.254 e. The molecule has 1 rings (SSSR count). The minimum absolute atomic E-state index is 0.520. The molecular weight excluding hydrogens is 182 g/mol. The van der Waals surface area contributed by atoms with Crippen LogP contribution >= 0.6 is 0 Å². The molecule has 0 bridgehead atoms. The number of rotatable bonds is 6. The Hall–Kier alpha value is -0.940. The number of hydrogen-bond donors (Lipinski definition) is 0. The summed E-state index contributed by atoms with van der Waals surface area (Å²) in [6.45, 7) is 0.520. The maximum atomic E-state index is 5.13. The summed E-state index contributed by atoms with van der Waals surface area (Å²) in [5.74, 6) is 0. The zero-order chi connectivity index (χ0) is 10.2. The van der Waals surface area contributed by atoms with Gasteiger partial charge in [-0.3, -0.25) is 14.5 Å². The molecule has 4 heteroatoms. The van der Waals surface area contributed by atoms with E-state index in [0.29, 0.717) is 6.61 Å². The molecule has 0 saturated carbocycles. The van der Waals surface area contributed by atoms with E-state index in [1.54, 1.807) is 0 Å². The summed E-state index contributed by atoms with van der Waals surface area (Å²) in [5, 5.41) is 0.975. The third-order valence-electron chi connectivity index (χ3n) is 1.73. The molecule has 0 aliphatic carbocycles. The van der Waals surface area contributed by atoms with Gasteiger partial charge in [0.25, 0.3) is 0 Å². The lowest BCUT2D eigenvalue weighted by Gasteiger charge is -2.14. The van der Waals surface area contributed by atoms with Crippen molar-refractivity contribution in [3.05, 3.63) is 35.9 Å². The maximum Gasteiger partial charge on any atom is 0.0776 e. The van der Waals surface area contributed by atoms with Crippen LogP contribution < -0.4 is 0 Å². The normalized spacial score (nSPS) is 10.8. The van der Waals surface area contributed by atoms with Crippen molar-refractivity contribution in [2.75, 3.05) is 20.8 Å². The first-order chi connectivity index (χ1) is 6.86. The summed E-state index contributed by atoms with van der Waals surface area (Å²) in [5.41, 5.74) is 1.22. The van der Waals surface area contributed by atoms with Crippen LogP contribution in [0.25, 0.3) is 0 Å². The summed E-state index contributed by atoms with van der Waals surface area (Å²) >= 11 is 0. The average Bonchev–Trinajstić information content (AvgIpc) is 2.26. The van der Waals surface area contributed by atoms with Crippen LogP contribution in [0.15, 0.2) is 30.3 Å². The van der Waals surface area contributed by atoms with Crippen molar-refractivity contribution in [1.29, 1.82) is 0 Å². The average molecular weight is 197 g/mol. The minimum atomic E-state index is 0.520. The van der Waals surface area contributed by atoms with Gasteiger partial charge in [-0.1, -0.05) is 30.3 Å². The fraction of sp³-hybridized carbons (Fsp3) is 0.400. The van der Waals surface area contributed by atoms with Crippen molar-refractivity contribution in [2.24, 2.45) is 0 Å². The summed E-state index contributed by atoms with van der Waals surface area (Å²) in [6.07, 6.45) is 0.823. The molecule has 0 saturated heterocycles. The van der Waals surface area contributed by atoms with Gasteiger partial charge in [-0.25, -0.2) is 0 Å². The fourth-order valence-corrected chi connectivity index (χ4v) is 1.06. The highest BCUT2D eigenvalue weighted by atomic mass is 17.2. The van der Waals surface area contributed by atoms with Crippen LogP contribution in [0.3, 0.4) is 0 Å². The summed E-state index contributed by atoms with van der Waals surface area (Å²) in [4.78, 5) is 14.6. The molecule has 0 N–H and O–H groups in total. The lowest BCUT2D eigenvalue weighted by Crippen LogP contribution is -2.22. The Balaban J connectivity index is 2.21. The quantitative estimate of drug-likeness (QED) is 0.648. The molecule has 0 aliphatic heterocycles. The van der Waals surface area contributed by atoms with Crippen molar-refractivity contribution in [2.45, 2.75) is 6.42 Å². The van der Waals surface area contributed by atoms with Crippen LogP contribution in [0.2, 0.25) is 0 Å². The number of nitrogens with zero attached hydrogens (tertiary/aromatic N) is 1. The molecular formula is C10H15NO3. The van der Waals surface area contributed by atoms with Gasteiger partial charge in [0.1, 0.15) is 0 Å². The lowest BCUT2D eigenvalue weighted by atomic mass is 10.2. The zero-order valence-electron chi connectivity index (χ0n) is 8.47. The van der Waals surface area contributed by atoms with Gasteiger partial charge in [0.05, 0.1) is 26.2 Å². The van der Waals surface area contributed by atoms with Crippen molar-refractivity contribution in [1.82, 2.24) is 5.39 Å². The Morgan fingerprint density at radius 1 is 1.07 bits per heavy atom. The van der Waals surface area contributed by atoms with Crippen molar-refractivity contribution in [3.63, 3.8) is 0 Å². The summed E-state index contributed by atoms with van der Waals surface area (Å²) < 4.78 is 0. The van der Waals surface area contributed by atoms with E-state index in [4.69, 9.17) is 14.5 Å². The van der Waals surface area contributed by atoms with Gasteiger partial charge in [0.2, 0.25) is 0 Å². The molecule has 78 valence electrons. The molecule has 0 atom stereocenters. The molecule has 1 aromatic carbocycles. The van der Waals surface area contributed by atoms with E-state index in [2.05, 4.69) is 0 Å². The molecule has 0 unspecified atom stereocenters. The standard InChI is InChI=1S/C10H15NO3/c1-12-11(13-2)14-9-8-10-6-4-3-5-7-10/h3-7H,8-9H2,1-2H3. The topological polar surface area (TPSA) is 30.9 Å². The maximum absolute atomic E-state index is 5.13. The number of benzene rings is 1. The van der Waals surface area contributed by atoms with Crippen LogP contribution in [0.4, 0.5) is 0 Å². The Bertz CT molecular complexity index is 236. The van der Waals surface area contributed by atoms with Crippen molar-refractivity contribution in [3.8, 4) is 0 Å². The van der Waals surface area contributed by atoms with E-state index in [0.717, 1.165) is 11.8 Å². The van der Waals surface area contributed by atoms with E-state index < -0.39 is 0 Å². The van der Waals surface area contributed by atoms with Gasteiger partial charge in [-0.05, 0) is 12.0 Å². The first-order valence-electron chi connectivity index (χ1n) is 4.42. The molecule has 0 aliphatic rings. The second-order valence-corrected chi connectivity index (χ2v) is 2.66. The second-order valence-electron chi connectivity index (χ2n) is 2.66. The van der Waals surface area contributed by atoms with E-state index in [9.17, 15) is 0 Å². The van der Waals surface area contributed by atoms with Gasteiger partial charge in [-0.2, -0.15) is 0 Å². The molecule has 1 aromatic rings. The monoisotopic (exact) mass is 197 g/mol. The summed E-state index contributed by atoms with van der Waals surface area (Å²) in [7, 11) is 2.96. The SMILES string of the molecule is CON(OC)OCCc1ccccc1. The molecule has 0 radical (unpaired) electrons. The molecule has 0 spiro atoms. The molecule has 14 heavy (non-hydrogen) atoms. The van der Waals surface area contributed by atoms with Crippen LogP contribution in [0.1, 0.15) is 5.56 Å². The van der Waals surface area contributed by atoms with Gasteiger partial charge in [0, 0.05) is 0 Å². The van der Waals surface area contributed by atoms with E-state index in [1.165, 1.54) is 19.8 Å². The smallest absolute Gasteiger partial charge is 0.0776 e. The second kappa shape index (κ2) is 6.50. The van der Waals surface area contributed by atoms with Gasteiger partial charge in [-0.15, -0.1) is 0 Å². The third kappa shape index (κ3) is 3.85.